The molecule has 1 aromatic carbocycles. The molecule has 0 unspecified atom stereocenters. The van der Waals surface area contributed by atoms with Crippen LogP contribution in [0.3, 0.4) is 0 Å². The maximum Gasteiger partial charge on any atom is 0.321 e. The predicted molar refractivity (Wildman–Crippen MR) is 44.4 cm³/mol. The molecule has 0 saturated heterocycles. The van der Waals surface area contributed by atoms with Gasteiger partial charge in [0.1, 0.15) is 5.82 Å². The van der Waals surface area contributed by atoms with Crippen molar-refractivity contribution in [3.05, 3.63) is 36.0 Å². The molecule has 14 heavy (non-hydrogen) atoms. The zero-order valence-corrected chi connectivity index (χ0v) is 6.94. The van der Waals surface area contributed by atoms with Crippen molar-refractivity contribution in [3.8, 4) is 17.5 Å². The third-order valence-electron chi connectivity index (χ3n) is 1.59. The zero-order valence-electron chi connectivity index (χ0n) is 6.94. The first-order chi connectivity index (χ1) is 6.79. The second-order valence-corrected chi connectivity index (χ2v) is 2.53. The van der Waals surface area contributed by atoms with Crippen LogP contribution in [0.5, 0.6) is 0 Å². The summed E-state index contributed by atoms with van der Waals surface area (Å²) in [5, 5.41) is 15.5. The molecule has 4 nitrogen and oxygen atoms in total. The van der Waals surface area contributed by atoms with Crippen LogP contribution in [0.2, 0.25) is 0 Å². The number of rotatable bonds is 1. The molecule has 0 aliphatic heterocycles. The van der Waals surface area contributed by atoms with E-state index in [0.717, 1.165) is 0 Å². The smallest absolute Gasteiger partial charge is 0.321 e. The number of aromatic nitrogens is 2. The van der Waals surface area contributed by atoms with Gasteiger partial charge in [0.15, 0.2) is 6.07 Å². The largest absolute Gasteiger partial charge is 0.408 e. The van der Waals surface area contributed by atoms with Crippen molar-refractivity contribution < 1.29 is 8.81 Å². The fourth-order valence-corrected chi connectivity index (χ4v) is 1.01. The van der Waals surface area contributed by atoms with E-state index in [9.17, 15) is 4.39 Å². The fraction of sp³-hybridized carbons (Fsp3) is 0. The molecule has 2 aromatic rings. The first-order valence-corrected chi connectivity index (χ1v) is 3.79. The van der Waals surface area contributed by atoms with Crippen molar-refractivity contribution in [2.24, 2.45) is 0 Å². The molecular formula is C9H4FN3O. The number of nitriles is 1. The van der Waals surface area contributed by atoms with E-state index in [4.69, 9.17) is 9.68 Å². The highest BCUT2D eigenvalue weighted by atomic mass is 19.1. The molecule has 0 atom stereocenters. The van der Waals surface area contributed by atoms with Crippen LogP contribution in [0.25, 0.3) is 11.5 Å². The SMILES string of the molecule is N#Cc1nnc(-c2cccc(F)c2)o1. The second kappa shape index (κ2) is 3.26. The molecule has 0 spiro atoms. The number of benzene rings is 1. The van der Waals surface area contributed by atoms with Crippen molar-refractivity contribution in [1.82, 2.24) is 10.2 Å². The summed E-state index contributed by atoms with van der Waals surface area (Å²) >= 11 is 0. The van der Waals surface area contributed by atoms with E-state index in [2.05, 4.69) is 10.2 Å². The van der Waals surface area contributed by atoms with Crippen LogP contribution in [0, 0.1) is 17.1 Å². The van der Waals surface area contributed by atoms with E-state index < -0.39 is 0 Å². The Morgan fingerprint density at radius 3 is 2.86 bits per heavy atom. The monoisotopic (exact) mass is 189 g/mol. The average Bonchev–Trinajstić information content (AvgIpc) is 2.66. The summed E-state index contributed by atoms with van der Waals surface area (Å²) in [6.45, 7) is 0. The van der Waals surface area contributed by atoms with Gasteiger partial charge in [-0.2, -0.15) is 5.26 Å². The van der Waals surface area contributed by atoms with Gasteiger partial charge < -0.3 is 4.42 Å². The van der Waals surface area contributed by atoms with Gasteiger partial charge >= 0.3 is 5.89 Å². The maximum atomic E-state index is 12.8. The number of halogens is 1. The molecule has 0 aliphatic rings. The normalized spacial score (nSPS) is 9.71. The van der Waals surface area contributed by atoms with Gasteiger partial charge in [-0.3, -0.25) is 0 Å². The first kappa shape index (κ1) is 8.38. The van der Waals surface area contributed by atoms with Crippen LogP contribution in [0.4, 0.5) is 4.39 Å². The Hall–Kier alpha value is -2.22. The summed E-state index contributed by atoms with van der Waals surface area (Å²) in [6, 6.07) is 7.42. The van der Waals surface area contributed by atoms with E-state index in [1.807, 2.05) is 0 Å². The molecular weight excluding hydrogens is 185 g/mol. The minimum Gasteiger partial charge on any atom is -0.408 e. The topological polar surface area (TPSA) is 62.7 Å². The average molecular weight is 189 g/mol. The quantitative estimate of drug-likeness (QED) is 0.685. The molecule has 5 heteroatoms. The lowest BCUT2D eigenvalue weighted by atomic mass is 10.2. The van der Waals surface area contributed by atoms with Gasteiger partial charge in [-0.15, -0.1) is 5.10 Å². The Morgan fingerprint density at radius 2 is 2.21 bits per heavy atom. The Labute approximate surface area is 78.6 Å². The van der Waals surface area contributed by atoms with E-state index in [-0.39, 0.29) is 17.6 Å². The molecule has 0 aliphatic carbocycles. The van der Waals surface area contributed by atoms with Crippen LogP contribution < -0.4 is 0 Å². The predicted octanol–water partition coefficient (Wildman–Crippen LogP) is 1.75. The van der Waals surface area contributed by atoms with Gasteiger partial charge in [-0.1, -0.05) is 11.2 Å². The van der Waals surface area contributed by atoms with Crippen molar-refractivity contribution in [3.63, 3.8) is 0 Å². The van der Waals surface area contributed by atoms with Crippen LogP contribution in [0.1, 0.15) is 5.89 Å². The lowest BCUT2D eigenvalue weighted by Gasteiger charge is -1.92. The van der Waals surface area contributed by atoms with Gasteiger partial charge in [0, 0.05) is 5.56 Å². The van der Waals surface area contributed by atoms with Crippen LogP contribution in [-0.4, -0.2) is 10.2 Å². The van der Waals surface area contributed by atoms with Crippen LogP contribution >= 0.6 is 0 Å². The van der Waals surface area contributed by atoms with Crippen molar-refractivity contribution in [2.75, 3.05) is 0 Å². The van der Waals surface area contributed by atoms with Crippen LogP contribution in [0.15, 0.2) is 28.7 Å². The molecule has 1 aromatic heterocycles. The Kier molecular flexibility index (Phi) is 1.95. The molecule has 0 radical (unpaired) electrons. The fourth-order valence-electron chi connectivity index (χ4n) is 1.01. The number of hydrogen-bond acceptors (Lipinski definition) is 4. The lowest BCUT2D eigenvalue weighted by molar-refractivity contribution is 0.551. The summed E-state index contributed by atoms with van der Waals surface area (Å²) < 4.78 is 17.7. The molecule has 0 bridgehead atoms. The highest BCUT2D eigenvalue weighted by Crippen LogP contribution is 2.17. The van der Waals surface area contributed by atoms with E-state index in [1.165, 1.54) is 18.2 Å². The third-order valence-corrected chi connectivity index (χ3v) is 1.59. The molecule has 68 valence electrons. The highest BCUT2D eigenvalue weighted by molar-refractivity contribution is 5.52. The minimum atomic E-state index is -0.390. The highest BCUT2D eigenvalue weighted by Gasteiger charge is 2.07. The Balaban J connectivity index is 2.45. The first-order valence-electron chi connectivity index (χ1n) is 3.79. The zero-order chi connectivity index (χ0) is 9.97. The molecule has 1 heterocycles. The standard InChI is InChI=1S/C9H4FN3O/c10-7-3-1-2-6(4-7)9-13-12-8(5-11)14-9/h1-4H. The molecule has 2 rings (SSSR count). The van der Waals surface area contributed by atoms with E-state index in [1.54, 1.807) is 12.1 Å². The molecule has 0 N–H and O–H groups in total. The van der Waals surface area contributed by atoms with Crippen molar-refractivity contribution >= 4 is 0 Å². The number of hydrogen-bond donors (Lipinski definition) is 0. The van der Waals surface area contributed by atoms with Gasteiger partial charge in [0.2, 0.25) is 5.89 Å². The summed E-state index contributed by atoms with van der Waals surface area (Å²) in [7, 11) is 0. The molecule has 0 amide bonds. The van der Waals surface area contributed by atoms with Gasteiger partial charge in [-0.25, -0.2) is 4.39 Å². The maximum absolute atomic E-state index is 12.8. The lowest BCUT2D eigenvalue weighted by Crippen LogP contribution is -1.79. The van der Waals surface area contributed by atoms with Crippen molar-refractivity contribution in [2.45, 2.75) is 0 Å². The van der Waals surface area contributed by atoms with E-state index in [0.29, 0.717) is 5.56 Å². The minimum absolute atomic E-state index is 0.135. The second-order valence-electron chi connectivity index (χ2n) is 2.53. The Morgan fingerprint density at radius 1 is 1.36 bits per heavy atom. The van der Waals surface area contributed by atoms with Gasteiger partial charge in [0.05, 0.1) is 0 Å². The van der Waals surface area contributed by atoms with Crippen LogP contribution in [-0.2, 0) is 0 Å². The summed E-state index contributed by atoms with van der Waals surface area (Å²) in [6.07, 6.45) is 0. The van der Waals surface area contributed by atoms with Gasteiger partial charge in [0.25, 0.3) is 0 Å². The molecule has 0 fully saturated rings. The van der Waals surface area contributed by atoms with Crippen molar-refractivity contribution in [1.29, 1.82) is 5.26 Å². The summed E-state index contributed by atoms with van der Waals surface area (Å²) in [5.41, 5.74) is 0.457. The van der Waals surface area contributed by atoms with Gasteiger partial charge in [-0.05, 0) is 18.2 Å². The third kappa shape index (κ3) is 1.45. The number of nitrogens with zero attached hydrogens (tertiary/aromatic N) is 3. The molecule has 0 saturated carbocycles. The summed E-state index contributed by atoms with van der Waals surface area (Å²) in [4.78, 5) is 0. The van der Waals surface area contributed by atoms with E-state index >= 15 is 0 Å². The summed E-state index contributed by atoms with van der Waals surface area (Å²) in [5.74, 6) is -0.385. The Bertz CT molecular complexity index is 501.